The van der Waals surface area contributed by atoms with E-state index in [9.17, 15) is 9.59 Å². The molecule has 2 aromatic heterocycles. The molecule has 0 fully saturated rings. The Morgan fingerprint density at radius 2 is 2.00 bits per heavy atom. The third-order valence-electron chi connectivity index (χ3n) is 4.28. The molecule has 3 aromatic rings. The zero-order valence-corrected chi connectivity index (χ0v) is 18.8. The molecule has 3 rings (SSSR count). The number of ether oxygens (including phenoxy) is 2. The van der Waals surface area contributed by atoms with Crippen LogP contribution in [0.3, 0.4) is 0 Å². The molecule has 1 amide bonds. The van der Waals surface area contributed by atoms with Crippen molar-refractivity contribution in [3.63, 3.8) is 0 Å². The lowest BCUT2D eigenvalue weighted by Crippen LogP contribution is -2.16. The number of thiophene rings is 1. The number of aromatic nitrogens is 3. The van der Waals surface area contributed by atoms with Gasteiger partial charge in [-0.25, -0.2) is 4.79 Å². The van der Waals surface area contributed by atoms with Crippen LogP contribution in [0.4, 0.5) is 5.00 Å². The maximum atomic E-state index is 12.4. The molecule has 0 aliphatic rings. The van der Waals surface area contributed by atoms with E-state index in [-0.39, 0.29) is 11.7 Å². The molecule has 10 heteroatoms. The van der Waals surface area contributed by atoms with Crippen LogP contribution in [0.25, 0.3) is 0 Å². The first-order valence-electron chi connectivity index (χ1n) is 9.30. The zero-order valence-electron chi connectivity index (χ0n) is 17.2. The third kappa shape index (κ3) is 5.74. The number of rotatable bonds is 10. The summed E-state index contributed by atoms with van der Waals surface area (Å²) in [6.07, 6.45) is 2.36. The van der Waals surface area contributed by atoms with Gasteiger partial charge in [0.1, 0.15) is 16.6 Å². The first kappa shape index (κ1) is 22.6. The van der Waals surface area contributed by atoms with Gasteiger partial charge in [-0.2, -0.15) is 0 Å². The lowest BCUT2D eigenvalue weighted by molar-refractivity contribution is -0.113. The molecule has 0 unspecified atom stereocenters. The zero-order chi connectivity index (χ0) is 22.2. The van der Waals surface area contributed by atoms with Gasteiger partial charge in [-0.15, -0.1) is 28.1 Å². The number of hydrogen-bond acceptors (Lipinski definition) is 8. The molecule has 8 nitrogen and oxygen atoms in total. The minimum atomic E-state index is -0.488. The third-order valence-corrected chi connectivity index (χ3v) is 6.08. The van der Waals surface area contributed by atoms with Gasteiger partial charge in [0.2, 0.25) is 5.91 Å². The van der Waals surface area contributed by atoms with Crippen LogP contribution in [-0.4, -0.2) is 46.6 Å². The molecule has 0 saturated carbocycles. The van der Waals surface area contributed by atoms with Crippen LogP contribution < -0.4 is 10.1 Å². The summed E-state index contributed by atoms with van der Waals surface area (Å²) in [4.78, 5) is 24.2. The summed E-state index contributed by atoms with van der Waals surface area (Å²) >= 11 is 2.54. The highest BCUT2D eigenvalue weighted by Crippen LogP contribution is 2.25. The van der Waals surface area contributed by atoms with Crippen LogP contribution >= 0.6 is 23.1 Å². The average molecular weight is 459 g/mol. The molecule has 0 spiro atoms. The maximum absolute atomic E-state index is 12.4. The second-order valence-electron chi connectivity index (χ2n) is 6.31. The Morgan fingerprint density at radius 3 is 2.68 bits per heavy atom. The summed E-state index contributed by atoms with van der Waals surface area (Å²) in [6.45, 7) is 4.33. The van der Waals surface area contributed by atoms with E-state index in [2.05, 4.69) is 22.1 Å². The van der Waals surface area contributed by atoms with E-state index >= 15 is 0 Å². The number of benzene rings is 1. The summed E-state index contributed by atoms with van der Waals surface area (Å²) in [5, 5.41) is 14.1. The molecule has 1 aromatic carbocycles. The van der Waals surface area contributed by atoms with Crippen molar-refractivity contribution < 1.29 is 19.1 Å². The van der Waals surface area contributed by atoms with Crippen molar-refractivity contribution in [2.75, 3.05) is 25.3 Å². The summed E-state index contributed by atoms with van der Waals surface area (Å²) < 4.78 is 11.8. The molecule has 1 N–H and O–H groups in total. The first-order chi connectivity index (χ1) is 15.0. The summed E-state index contributed by atoms with van der Waals surface area (Å²) in [5.41, 5.74) is 1.41. The van der Waals surface area contributed by atoms with Crippen LogP contribution in [0, 0.1) is 0 Å². The van der Waals surface area contributed by atoms with Gasteiger partial charge in [-0.05, 0) is 29.1 Å². The Kier molecular flexibility index (Phi) is 7.85. The molecular weight excluding hydrogens is 436 g/mol. The summed E-state index contributed by atoms with van der Waals surface area (Å²) in [7, 11) is 2.93. The molecule has 0 radical (unpaired) electrons. The number of esters is 1. The van der Waals surface area contributed by atoms with Crippen molar-refractivity contribution in [2.45, 2.75) is 18.1 Å². The second kappa shape index (κ2) is 10.8. The average Bonchev–Trinajstić information content (AvgIpc) is 3.40. The molecule has 2 heterocycles. The summed E-state index contributed by atoms with van der Waals surface area (Å²) in [6, 6.07) is 9.37. The number of nitrogens with one attached hydrogen (secondary N) is 1. The molecule has 0 saturated heterocycles. The number of thioether (sulfide) groups is 1. The molecule has 0 aliphatic carbocycles. The van der Waals surface area contributed by atoms with E-state index in [0.717, 1.165) is 17.1 Å². The van der Waals surface area contributed by atoms with Crippen molar-refractivity contribution in [2.24, 2.45) is 0 Å². The molecule has 162 valence electrons. The predicted molar refractivity (Wildman–Crippen MR) is 121 cm³/mol. The topological polar surface area (TPSA) is 95.3 Å². The van der Waals surface area contributed by atoms with Gasteiger partial charge in [0.25, 0.3) is 0 Å². The Morgan fingerprint density at radius 1 is 1.23 bits per heavy atom. The lowest BCUT2D eigenvalue weighted by atomic mass is 10.1. The van der Waals surface area contributed by atoms with Crippen molar-refractivity contribution in [1.29, 1.82) is 0 Å². The number of methoxy groups -OCH3 is 2. The highest BCUT2D eigenvalue weighted by atomic mass is 32.2. The van der Waals surface area contributed by atoms with Crippen LogP contribution in [0.15, 0.2) is 53.5 Å². The van der Waals surface area contributed by atoms with Gasteiger partial charge in [-0.3, -0.25) is 4.79 Å². The van der Waals surface area contributed by atoms with E-state index in [1.807, 2.05) is 28.8 Å². The smallest absolute Gasteiger partial charge is 0.340 e. The molecule has 31 heavy (non-hydrogen) atoms. The van der Waals surface area contributed by atoms with Crippen molar-refractivity contribution >= 4 is 40.0 Å². The van der Waals surface area contributed by atoms with Crippen molar-refractivity contribution in [3.8, 4) is 5.75 Å². The highest BCUT2D eigenvalue weighted by molar-refractivity contribution is 7.99. The van der Waals surface area contributed by atoms with E-state index in [1.165, 1.54) is 30.2 Å². The number of hydrogen-bond donors (Lipinski definition) is 1. The van der Waals surface area contributed by atoms with Crippen LogP contribution in [0.1, 0.15) is 21.7 Å². The van der Waals surface area contributed by atoms with E-state index in [1.54, 1.807) is 24.6 Å². The fourth-order valence-electron chi connectivity index (χ4n) is 2.76. The van der Waals surface area contributed by atoms with Gasteiger partial charge < -0.3 is 19.4 Å². The standard InChI is InChI=1S/C21H22N4O4S2/c1-4-10-25-17(12-14-5-7-15(28-2)8-6-14)23-24-21(25)31-13-18(26)22-19-16(9-11-30-19)20(27)29-3/h4-9,11H,1,10,12-13H2,2-3H3,(H,22,26). The van der Waals surface area contributed by atoms with Crippen LogP contribution in [0.2, 0.25) is 0 Å². The second-order valence-corrected chi connectivity index (χ2v) is 8.17. The fraction of sp³-hybridized carbons (Fsp3) is 0.238. The van der Waals surface area contributed by atoms with Gasteiger partial charge >= 0.3 is 5.97 Å². The molecular formula is C21H22N4O4S2. The van der Waals surface area contributed by atoms with Crippen LogP contribution in [0.5, 0.6) is 5.75 Å². The lowest BCUT2D eigenvalue weighted by Gasteiger charge is -2.09. The summed E-state index contributed by atoms with van der Waals surface area (Å²) in [5.74, 6) is 0.954. The highest BCUT2D eigenvalue weighted by Gasteiger charge is 2.17. The number of carbonyl (C=O) groups excluding carboxylic acids is 2. The predicted octanol–water partition coefficient (Wildman–Crippen LogP) is 3.64. The number of nitrogens with zero attached hydrogens (tertiary/aromatic N) is 3. The Labute approximate surface area is 188 Å². The molecule has 0 atom stereocenters. The molecule has 0 aliphatic heterocycles. The van der Waals surface area contributed by atoms with Gasteiger partial charge in [-0.1, -0.05) is 30.0 Å². The quantitative estimate of drug-likeness (QED) is 0.281. The van der Waals surface area contributed by atoms with Crippen molar-refractivity contribution in [1.82, 2.24) is 14.8 Å². The Hall–Kier alpha value is -3.11. The monoisotopic (exact) mass is 458 g/mol. The minimum Gasteiger partial charge on any atom is -0.497 e. The number of anilines is 1. The van der Waals surface area contributed by atoms with Crippen molar-refractivity contribution in [3.05, 3.63) is 65.3 Å². The largest absolute Gasteiger partial charge is 0.497 e. The Bertz CT molecular complexity index is 1060. The van der Waals surface area contributed by atoms with E-state index in [4.69, 9.17) is 9.47 Å². The molecule has 0 bridgehead atoms. The van der Waals surface area contributed by atoms with Gasteiger partial charge in [0, 0.05) is 13.0 Å². The van der Waals surface area contributed by atoms with Gasteiger partial charge in [0.05, 0.1) is 25.5 Å². The Balaban J connectivity index is 1.66. The number of allylic oxidation sites excluding steroid dienone is 1. The first-order valence-corrected chi connectivity index (χ1v) is 11.2. The van der Waals surface area contributed by atoms with Crippen LogP contribution in [-0.2, 0) is 22.5 Å². The van der Waals surface area contributed by atoms with E-state index < -0.39 is 5.97 Å². The number of carbonyl (C=O) groups is 2. The SMILES string of the molecule is C=CCn1c(Cc2ccc(OC)cc2)nnc1SCC(=O)Nc1sccc1C(=O)OC. The minimum absolute atomic E-state index is 0.121. The van der Waals surface area contributed by atoms with Gasteiger partial charge in [0.15, 0.2) is 5.16 Å². The maximum Gasteiger partial charge on any atom is 0.340 e. The number of amides is 1. The fourth-order valence-corrected chi connectivity index (χ4v) is 4.32. The van der Waals surface area contributed by atoms with E-state index in [0.29, 0.717) is 28.7 Å². The normalized spacial score (nSPS) is 10.5.